The fourth-order valence-electron chi connectivity index (χ4n) is 7.51. The Bertz CT molecular complexity index is 1610. The van der Waals surface area contributed by atoms with E-state index in [1.807, 2.05) is 54.6 Å². The number of nitrogens with two attached hydrogens (primary N) is 1. The third-order valence-corrected chi connectivity index (χ3v) is 9.51. The van der Waals surface area contributed by atoms with Crippen molar-refractivity contribution < 1.29 is 33.4 Å². The normalized spacial score (nSPS) is 24.0. The maximum atomic E-state index is 14.6. The molecular formula is C35H43FN4O6. The molecule has 2 aliphatic rings. The van der Waals surface area contributed by atoms with Gasteiger partial charge in [0.1, 0.15) is 24.0 Å². The maximum Gasteiger partial charge on any atom is 0.407 e. The zero-order chi connectivity index (χ0) is 33.3. The first-order chi connectivity index (χ1) is 21.8. The number of halogens is 1. The van der Waals surface area contributed by atoms with Gasteiger partial charge in [-0.05, 0) is 70.4 Å². The molecule has 5 rings (SSSR count). The minimum Gasteiger partial charge on any atom is -0.477 e. The molecule has 3 amide bonds. The van der Waals surface area contributed by atoms with Crippen LogP contribution in [0.2, 0.25) is 0 Å². The lowest BCUT2D eigenvalue weighted by atomic mass is 9.78. The number of hydrogen-bond acceptors (Lipinski definition) is 5. The van der Waals surface area contributed by atoms with Crippen LogP contribution in [0.1, 0.15) is 86.5 Å². The smallest absolute Gasteiger partial charge is 0.407 e. The third-order valence-electron chi connectivity index (χ3n) is 9.51. The Morgan fingerprint density at radius 2 is 1.65 bits per heavy atom. The monoisotopic (exact) mass is 634 g/mol. The van der Waals surface area contributed by atoms with E-state index in [9.17, 15) is 28.7 Å². The van der Waals surface area contributed by atoms with Gasteiger partial charge in [0.25, 0.3) is 0 Å². The molecule has 4 atom stereocenters. The van der Waals surface area contributed by atoms with Crippen LogP contribution in [0.15, 0.2) is 54.6 Å². The lowest BCUT2D eigenvalue weighted by molar-refractivity contribution is -0.144. The highest BCUT2D eigenvalue weighted by Gasteiger charge is 2.51. The van der Waals surface area contributed by atoms with E-state index >= 15 is 0 Å². The zero-order valence-corrected chi connectivity index (χ0v) is 26.7. The number of nitrogens with one attached hydrogen (secondary N) is 1. The average molecular weight is 635 g/mol. The number of alkyl halides is 1. The topological polar surface area (TPSA) is 144 Å². The highest BCUT2D eigenvalue weighted by atomic mass is 19.1. The molecule has 3 aromatic rings. The predicted octanol–water partition coefficient (Wildman–Crippen LogP) is 5.46. The van der Waals surface area contributed by atoms with Crippen LogP contribution in [0.5, 0.6) is 0 Å². The summed E-state index contributed by atoms with van der Waals surface area (Å²) < 4.78 is 21.0. The minimum absolute atomic E-state index is 0.0589. The molecule has 1 saturated heterocycles. The fraction of sp³-hybridized carbons (Fsp3) is 0.486. The largest absolute Gasteiger partial charge is 0.477 e. The van der Waals surface area contributed by atoms with E-state index < -0.39 is 60.2 Å². The summed E-state index contributed by atoms with van der Waals surface area (Å²) in [7, 11) is 1.69. The summed E-state index contributed by atoms with van der Waals surface area (Å²) in [5.74, 6) is -3.19. The number of carboxylic acid groups (broad SMARTS) is 1. The Balaban J connectivity index is 1.48. The van der Waals surface area contributed by atoms with Gasteiger partial charge in [-0.15, -0.1) is 0 Å². The van der Waals surface area contributed by atoms with Gasteiger partial charge in [0, 0.05) is 35.3 Å². The number of aryl methyl sites for hydroxylation is 1. The summed E-state index contributed by atoms with van der Waals surface area (Å²) in [4.78, 5) is 54.4. The highest BCUT2D eigenvalue weighted by molar-refractivity contribution is 5.99. The van der Waals surface area contributed by atoms with Crippen LogP contribution in [0, 0.1) is 11.8 Å². The predicted molar refractivity (Wildman–Crippen MR) is 171 cm³/mol. The average Bonchev–Trinajstić information content (AvgIpc) is 3.55. The van der Waals surface area contributed by atoms with Crippen LogP contribution in [0.4, 0.5) is 9.18 Å². The molecule has 246 valence electrons. The van der Waals surface area contributed by atoms with Crippen molar-refractivity contribution in [3.05, 3.63) is 71.4 Å². The van der Waals surface area contributed by atoms with Crippen molar-refractivity contribution in [3.8, 4) is 0 Å². The first kappa shape index (κ1) is 33.0. The van der Waals surface area contributed by atoms with Gasteiger partial charge in [0.2, 0.25) is 11.8 Å². The Kier molecular flexibility index (Phi) is 9.42. The fourth-order valence-corrected chi connectivity index (χ4v) is 7.51. The van der Waals surface area contributed by atoms with Crippen LogP contribution < -0.4 is 11.1 Å². The number of alkyl carbamates (subject to hydrolysis) is 1. The Labute approximate surface area is 268 Å². The summed E-state index contributed by atoms with van der Waals surface area (Å²) in [5, 5.41) is 13.7. The molecule has 1 aromatic heterocycles. The van der Waals surface area contributed by atoms with E-state index in [1.54, 1.807) is 37.3 Å². The minimum atomic E-state index is -1.13. The lowest BCUT2D eigenvalue weighted by Crippen LogP contribution is -2.50. The number of carbonyl (C=O) groups excluding carboxylic acids is 3. The molecule has 46 heavy (non-hydrogen) atoms. The number of rotatable bonds is 8. The second-order valence-corrected chi connectivity index (χ2v) is 13.5. The molecule has 0 radical (unpaired) electrons. The van der Waals surface area contributed by atoms with E-state index in [1.165, 1.54) is 0 Å². The molecule has 1 aliphatic carbocycles. The summed E-state index contributed by atoms with van der Waals surface area (Å²) in [6.45, 7) is 4.44. The van der Waals surface area contributed by atoms with Gasteiger partial charge < -0.3 is 30.4 Å². The molecule has 2 heterocycles. The number of para-hydroxylation sites is 1. The van der Waals surface area contributed by atoms with Crippen LogP contribution in [0.3, 0.4) is 0 Å². The standard InChI is InChI=1S/C35H43FN4O6/c1-35(2,3)46-34(45)38-25(19-36)21-14-16-22(17-15-21)32(42)40-27(18-24(29(40)31(37)41)20-10-6-5-7-11-20)28-23-12-8-9-13-26(23)39(4)30(28)33(43)44/h5-13,21-22,24-25,27,29H,14-19H2,1-4H3,(H2,37,41)(H,38,45)(H,43,44)/t21?,22?,24-,25?,27?,29+/m1/s1. The summed E-state index contributed by atoms with van der Waals surface area (Å²) in [6.07, 6.45) is 1.43. The maximum absolute atomic E-state index is 14.6. The van der Waals surface area contributed by atoms with E-state index in [4.69, 9.17) is 10.5 Å². The van der Waals surface area contributed by atoms with Gasteiger partial charge >= 0.3 is 12.1 Å². The number of fused-ring (bicyclic) bond motifs is 1. The molecular weight excluding hydrogens is 591 g/mol. The third kappa shape index (κ3) is 6.45. The number of carboxylic acids is 1. The second kappa shape index (κ2) is 13.1. The number of carbonyl (C=O) groups is 4. The number of likely N-dealkylation sites (tertiary alicyclic amines) is 1. The van der Waals surface area contributed by atoms with E-state index in [0.717, 1.165) is 5.56 Å². The highest BCUT2D eigenvalue weighted by Crippen LogP contribution is 2.49. The molecule has 0 bridgehead atoms. The number of primary amides is 1. The second-order valence-electron chi connectivity index (χ2n) is 13.5. The van der Waals surface area contributed by atoms with Gasteiger partial charge in [-0.3, -0.25) is 9.59 Å². The van der Waals surface area contributed by atoms with Gasteiger partial charge in [-0.2, -0.15) is 0 Å². The van der Waals surface area contributed by atoms with Crippen molar-refractivity contribution in [2.75, 3.05) is 6.67 Å². The molecule has 2 unspecified atom stereocenters. The van der Waals surface area contributed by atoms with Crippen molar-refractivity contribution in [2.24, 2.45) is 24.6 Å². The molecule has 1 aliphatic heterocycles. The molecule has 2 aromatic carbocycles. The van der Waals surface area contributed by atoms with E-state index in [0.29, 0.717) is 48.6 Å². The quantitative estimate of drug-likeness (QED) is 0.300. The van der Waals surface area contributed by atoms with Crippen molar-refractivity contribution >= 4 is 34.8 Å². The number of hydrogen-bond donors (Lipinski definition) is 3. The lowest BCUT2D eigenvalue weighted by Gasteiger charge is -2.37. The summed E-state index contributed by atoms with van der Waals surface area (Å²) >= 11 is 0. The molecule has 1 saturated carbocycles. The van der Waals surface area contributed by atoms with Crippen molar-refractivity contribution in [1.29, 1.82) is 0 Å². The van der Waals surface area contributed by atoms with Crippen LogP contribution in [-0.2, 0) is 21.4 Å². The number of benzene rings is 2. The SMILES string of the molecule is Cn1c(C(=O)O)c(C2C[C@H](c3ccccc3)[C@@H](C(N)=O)N2C(=O)C2CCC(C(CF)NC(=O)OC(C)(C)C)CC2)c2ccccc21. The van der Waals surface area contributed by atoms with Crippen molar-refractivity contribution in [3.63, 3.8) is 0 Å². The molecule has 11 heteroatoms. The van der Waals surface area contributed by atoms with E-state index in [-0.39, 0.29) is 17.5 Å². The van der Waals surface area contributed by atoms with Gasteiger partial charge in [-0.25, -0.2) is 14.0 Å². The van der Waals surface area contributed by atoms with Crippen molar-refractivity contribution in [1.82, 2.24) is 14.8 Å². The molecule has 2 fully saturated rings. The van der Waals surface area contributed by atoms with E-state index in [2.05, 4.69) is 5.32 Å². The van der Waals surface area contributed by atoms with Crippen LogP contribution in [0.25, 0.3) is 10.9 Å². The van der Waals surface area contributed by atoms with Crippen LogP contribution >= 0.6 is 0 Å². The first-order valence-electron chi connectivity index (χ1n) is 15.8. The zero-order valence-electron chi connectivity index (χ0n) is 26.7. The molecule has 4 N–H and O–H groups in total. The Morgan fingerprint density at radius 3 is 2.24 bits per heavy atom. The van der Waals surface area contributed by atoms with Crippen molar-refractivity contribution in [2.45, 2.75) is 82.5 Å². The molecule has 0 spiro atoms. The number of amides is 3. The number of aromatic nitrogens is 1. The van der Waals surface area contributed by atoms with Crippen LogP contribution in [-0.4, -0.2) is 62.8 Å². The Hall–Kier alpha value is -4.41. The summed E-state index contributed by atoms with van der Waals surface area (Å²) in [5.41, 5.74) is 7.43. The number of ether oxygens (including phenoxy) is 1. The molecule has 10 nitrogen and oxygen atoms in total. The summed E-state index contributed by atoms with van der Waals surface area (Å²) in [6, 6.07) is 14.2. The first-order valence-corrected chi connectivity index (χ1v) is 15.8. The van der Waals surface area contributed by atoms with Gasteiger partial charge in [0.15, 0.2) is 0 Å². The van der Waals surface area contributed by atoms with Gasteiger partial charge in [0.05, 0.1) is 12.1 Å². The Morgan fingerprint density at radius 1 is 1.02 bits per heavy atom. The number of aromatic carboxylic acids is 1. The van der Waals surface area contributed by atoms with Gasteiger partial charge in [-0.1, -0.05) is 48.5 Å². The number of nitrogens with zero attached hydrogens (tertiary/aromatic N) is 2.